The second-order valence-corrected chi connectivity index (χ2v) is 7.51. The highest BCUT2D eigenvalue weighted by molar-refractivity contribution is 14.0. The van der Waals surface area contributed by atoms with Crippen LogP contribution in [0.2, 0.25) is 0 Å². The number of nitrogens with zero attached hydrogens (tertiary/aromatic N) is 4. The highest BCUT2D eigenvalue weighted by Crippen LogP contribution is 2.26. The van der Waals surface area contributed by atoms with Crippen molar-refractivity contribution in [2.45, 2.75) is 50.6 Å². The number of nitrogens with one attached hydrogen (secondary N) is 2. The van der Waals surface area contributed by atoms with Gasteiger partial charge >= 0.3 is 0 Å². The van der Waals surface area contributed by atoms with Crippen molar-refractivity contribution in [3.8, 4) is 0 Å². The van der Waals surface area contributed by atoms with Gasteiger partial charge in [-0.15, -0.1) is 24.0 Å². The molecular formula is C20H31IN6. The molecule has 1 saturated heterocycles. The molecular weight excluding hydrogens is 451 g/mol. The van der Waals surface area contributed by atoms with Gasteiger partial charge in [-0.2, -0.15) is 0 Å². The quantitative estimate of drug-likeness (QED) is 0.391. The van der Waals surface area contributed by atoms with Gasteiger partial charge in [-0.05, 0) is 31.4 Å². The predicted molar refractivity (Wildman–Crippen MR) is 121 cm³/mol. The molecule has 4 rings (SSSR count). The zero-order chi connectivity index (χ0) is 17.8. The van der Waals surface area contributed by atoms with Gasteiger partial charge in [0.1, 0.15) is 5.65 Å². The van der Waals surface area contributed by atoms with Crippen LogP contribution in [0.3, 0.4) is 0 Å². The van der Waals surface area contributed by atoms with Crippen LogP contribution in [0, 0.1) is 0 Å². The lowest BCUT2D eigenvalue weighted by Gasteiger charge is -2.24. The lowest BCUT2D eigenvalue weighted by Crippen LogP contribution is -2.45. The number of halogens is 1. The van der Waals surface area contributed by atoms with Crippen molar-refractivity contribution in [3.05, 3.63) is 36.3 Å². The van der Waals surface area contributed by atoms with Crippen molar-refractivity contribution >= 4 is 35.6 Å². The molecule has 0 bridgehead atoms. The first-order valence-corrected chi connectivity index (χ1v) is 9.95. The van der Waals surface area contributed by atoms with Crippen molar-refractivity contribution in [1.29, 1.82) is 0 Å². The maximum Gasteiger partial charge on any atom is 0.191 e. The molecule has 1 aliphatic heterocycles. The van der Waals surface area contributed by atoms with Gasteiger partial charge < -0.3 is 15.0 Å². The summed E-state index contributed by atoms with van der Waals surface area (Å²) >= 11 is 0. The Labute approximate surface area is 178 Å². The molecule has 0 radical (unpaired) electrons. The minimum absolute atomic E-state index is 0. The summed E-state index contributed by atoms with van der Waals surface area (Å²) in [5, 5.41) is 7.05. The van der Waals surface area contributed by atoms with Crippen LogP contribution in [-0.4, -0.2) is 59.0 Å². The van der Waals surface area contributed by atoms with Gasteiger partial charge in [0, 0.05) is 57.6 Å². The second kappa shape index (κ2) is 9.73. The zero-order valence-electron chi connectivity index (χ0n) is 16.1. The molecule has 148 valence electrons. The third-order valence-corrected chi connectivity index (χ3v) is 5.71. The van der Waals surface area contributed by atoms with E-state index in [4.69, 9.17) is 0 Å². The van der Waals surface area contributed by atoms with Crippen molar-refractivity contribution in [1.82, 2.24) is 24.9 Å². The van der Waals surface area contributed by atoms with E-state index in [2.05, 4.69) is 36.1 Å². The second-order valence-electron chi connectivity index (χ2n) is 7.51. The predicted octanol–water partition coefficient (Wildman–Crippen LogP) is 2.68. The van der Waals surface area contributed by atoms with Crippen LogP contribution in [0.4, 0.5) is 0 Å². The smallest absolute Gasteiger partial charge is 0.191 e. The number of hydrogen-bond donors (Lipinski definition) is 2. The van der Waals surface area contributed by atoms with Crippen LogP contribution >= 0.6 is 24.0 Å². The molecule has 2 N–H and O–H groups in total. The molecule has 2 aromatic rings. The first-order valence-electron chi connectivity index (χ1n) is 9.95. The third-order valence-electron chi connectivity index (χ3n) is 5.71. The van der Waals surface area contributed by atoms with Crippen LogP contribution in [-0.2, 0) is 6.42 Å². The lowest BCUT2D eigenvalue weighted by molar-refractivity contribution is 0.242. The first kappa shape index (κ1) is 20.4. The van der Waals surface area contributed by atoms with Crippen LogP contribution in [0.15, 0.2) is 35.6 Å². The minimum Gasteiger partial charge on any atom is -0.356 e. The number of likely N-dealkylation sites (tertiary alicyclic amines) is 1. The average Bonchev–Trinajstić information content (AvgIpc) is 3.40. The van der Waals surface area contributed by atoms with E-state index in [1.807, 2.05) is 31.4 Å². The van der Waals surface area contributed by atoms with Crippen molar-refractivity contribution in [3.63, 3.8) is 0 Å². The van der Waals surface area contributed by atoms with E-state index in [0.29, 0.717) is 6.04 Å². The maximum absolute atomic E-state index is 4.65. The van der Waals surface area contributed by atoms with E-state index in [-0.39, 0.29) is 24.0 Å². The lowest BCUT2D eigenvalue weighted by atomic mass is 10.2. The summed E-state index contributed by atoms with van der Waals surface area (Å²) in [5.74, 6) is 0.909. The highest BCUT2D eigenvalue weighted by atomic mass is 127. The molecule has 1 unspecified atom stereocenters. The molecule has 2 aromatic heterocycles. The third kappa shape index (κ3) is 5.13. The Balaban J connectivity index is 0.00000210. The van der Waals surface area contributed by atoms with E-state index in [1.165, 1.54) is 38.6 Å². The van der Waals surface area contributed by atoms with E-state index in [9.17, 15) is 0 Å². The number of pyridine rings is 1. The molecule has 1 atom stereocenters. The summed E-state index contributed by atoms with van der Waals surface area (Å²) in [6, 6.07) is 7.42. The number of hydrogen-bond acceptors (Lipinski definition) is 3. The number of imidazole rings is 1. The standard InChI is InChI=1S/C20H30N6.HI/c1-21-20(24-17-10-13-25(14-17)18-6-2-3-7-18)22-11-9-16-15-26-12-5-4-8-19(26)23-16;/h4-5,8,12,15,17-18H,2-3,6-7,9-11,13-14H2,1H3,(H2,21,22,24);1H. The van der Waals surface area contributed by atoms with Gasteiger partial charge in [0.05, 0.1) is 5.69 Å². The number of aliphatic imine (C=N–C) groups is 1. The Morgan fingerprint density at radius 2 is 2.11 bits per heavy atom. The largest absolute Gasteiger partial charge is 0.356 e. The number of fused-ring (bicyclic) bond motifs is 1. The van der Waals surface area contributed by atoms with Gasteiger partial charge in [-0.3, -0.25) is 9.89 Å². The summed E-state index contributed by atoms with van der Waals surface area (Å²) in [7, 11) is 1.85. The van der Waals surface area contributed by atoms with Crippen molar-refractivity contribution in [2.75, 3.05) is 26.7 Å². The zero-order valence-corrected chi connectivity index (χ0v) is 18.4. The van der Waals surface area contributed by atoms with Gasteiger partial charge in [0.25, 0.3) is 0 Å². The highest BCUT2D eigenvalue weighted by Gasteiger charge is 2.30. The molecule has 2 fully saturated rings. The fraction of sp³-hybridized carbons (Fsp3) is 0.600. The molecule has 0 spiro atoms. The summed E-state index contributed by atoms with van der Waals surface area (Å²) in [6.07, 6.45) is 11.8. The Kier molecular flexibility index (Phi) is 7.34. The number of guanidine groups is 1. The van der Waals surface area contributed by atoms with Crippen molar-refractivity contribution in [2.24, 2.45) is 4.99 Å². The molecule has 0 amide bonds. The average molecular weight is 482 g/mol. The Bertz CT molecular complexity index is 719. The summed E-state index contributed by atoms with van der Waals surface area (Å²) < 4.78 is 2.07. The number of aromatic nitrogens is 2. The molecule has 27 heavy (non-hydrogen) atoms. The van der Waals surface area contributed by atoms with Gasteiger partial charge in [-0.1, -0.05) is 18.9 Å². The van der Waals surface area contributed by atoms with Crippen LogP contribution in [0.25, 0.3) is 5.65 Å². The summed E-state index contributed by atoms with van der Waals surface area (Å²) in [4.78, 5) is 11.7. The SMILES string of the molecule is CN=C(NCCc1cn2ccccc2n1)NC1CCN(C2CCCC2)C1.I. The van der Waals surface area contributed by atoms with Gasteiger partial charge in [0.15, 0.2) is 5.96 Å². The molecule has 2 aliphatic rings. The van der Waals surface area contributed by atoms with E-state index >= 15 is 0 Å². The Hall–Kier alpha value is -1.35. The van der Waals surface area contributed by atoms with Crippen LogP contribution in [0.1, 0.15) is 37.8 Å². The first-order chi connectivity index (χ1) is 12.8. The number of rotatable bonds is 5. The van der Waals surface area contributed by atoms with Crippen LogP contribution < -0.4 is 10.6 Å². The molecule has 6 nitrogen and oxygen atoms in total. The molecule has 1 aliphatic carbocycles. The fourth-order valence-electron chi connectivity index (χ4n) is 4.31. The monoisotopic (exact) mass is 482 g/mol. The van der Waals surface area contributed by atoms with Crippen LogP contribution in [0.5, 0.6) is 0 Å². The topological polar surface area (TPSA) is 57.0 Å². The molecule has 1 saturated carbocycles. The van der Waals surface area contributed by atoms with E-state index in [1.54, 1.807) is 0 Å². The maximum atomic E-state index is 4.65. The molecule has 7 heteroatoms. The van der Waals surface area contributed by atoms with Gasteiger partial charge in [-0.25, -0.2) is 4.98 Å². The molecule has 3 heterocycles. The summed E-state index contributed by atoms with van der Waals surface area (Å²) in [5.41, 5.74) is 2.11. The van der Waals surface area contributed by atoms with Crippen molar-refractivity contribution < 1.29 is 0 Å². The fourth-order valence-corrected chi connectivity index (χ4v) is 4.31. The Morgan fingerprint density at radius 3 is 2.89 bits per heavy atom. The normalized spacial score (nSPS) is 21.5. The van der Waals surface area contributed by atoms with E-state index in [0.717, 1.165) is 42.9 Å². The Morgan fingerprint density at radius 1 is 1.26 bits per heavy atom. The van der Waals surface area contributed by atoms with Gasteiger partial charge in [0.2, 0.25) is 0 Å². The van der Waals surface area contributed by atoms with E-state index < -0.39 is 0 Å². The molecule has 0 aromatic carbocycles. The summed E-state index contributed by atoms with van der Waals surface area (Å²) in [6.45, 7) is 3.21. The minimum atomic E-state index is 0.